The smallest absolute Gasteiger partial charge is 0.220 e. The zero-order chi connectivity index (χ0) is 16.5. The van der Waals surface area contributed by atoms with Crippen LogP contribution in [0.5, 0.6) is 0 Å². The summed E-state index contributed by atoms with van der Waals surface area (Å²) in [5.41, 5.74) is 0. The van der Waals surface area contributed by atoms with Crippen LogP contribution in [-0.4, -0.2) is 37.0 Å². The lowest BCUT2D eigenvalue weighted by Crippen LogP contribution is -2.40. The molecule has 1 amide bonds. The monoisotopic (exact) mass is 336 g/mol. The molecule has 1 fully saturated rings. The molecule has 0 radical (unpaired) electrons. The van der Waals surface area contributed by atoms with Crippen LogP contribution in [0.2, 0.25) is 0 Å². The molecule has 1 aromatic heterocycles. The van der Waals surface area contributed by atoms with Gasteiger partial charge >= 0.3 is 0 Å². The fourth-order valence-electron chi connectivity index (χ4n) is 3.28. The van der Waals surface area contributed by atoms with E-state index in [1.807, 2.05) is 11.3 Å². The molecule has 23 heavy (non-hydrogen) atoms. The lowest BCUT2D eigenvalue weighted by atomic mass is 9.96. The maximum atomic E-state index is 11.9. The van der Waals surface area contributed by atoms with Gasteiger partial charge in [-0.1, -0.05) is 19.9 Å². The van der Waals surface area contributed by atoms with E-state index >= 15 is 0 Å². The summed E-state index contributed by atoms with van der Waals surface area (Å²) in [7, 11) is 0. The summed E-state index contributed by atoms with van der Waals surface area (Å²) in [6.07, 6.45) is 6.35. The molecule has 0 aromatic carbocycles. The second-order valence-electron chi connectivity index (χ2n) is 7.23. The van der Waals surface area contributed by atoms with Gasteiger partial charge in [-0.25, -0.2) is 0 Å². The highest BCUT2D eigenvalue weighted by atomic mass is 32.1. The summed E-state index contributed by atoms with van der Waals surface area (Å²) >= 11 is 1.81. The van der Waals surface area contributed by atoms with E-state index in [2.05, 4.69) is 41.6 Å². The zero-order valence-corrected chi connectivity index (χ0v) is 15.5. The van der Waals surface area contributed by atoms with E-state index in [1.165, 1.54) is 37.4 Å². The molecular formula is C19H32N2OS. The largest absolute Gasteiger partial charge is 0.356 e. The molecular weight excluding hydrogens is 304 g/mol. The van der Waals surface area contributed by atoms with Crippen LogP contribution in [0, 0.1) is 11.8 Å². The Balaban J connectivity index is 1.50. The van der Waals surface area contributed by atoms with Crippen molar-refractivity contribution in [2.45, 2.75) is 52.4 Å². The fraction of sp³-hybridized carbons (Fsp3) is 0.737. The molecule has 2 heterocycles. The van der Waals surface area contributed by atoms with Crippen LogP contribution >= 0.6 is 11.3 Å². The average Bonchev–Trinajstić information content (AvgIpc) is 3.04. The normalized spacial score (nSPS) is 16.8. The average molecular weight is 337 g/mol. The number of nitrogens with zero attached hydrogens (tertiary/aromatic N) is 1. The summed E-state index contributed by atoms with van der Waals surface area (Å²) < 4.78 is 0. The van der Waals surface area contributed by atoms with Gasteiger partial charge in [0, 0.05) is 24.4 Å². The molecule has 1 aromatic rings. The molecule has 1 N–H and O–H groups in total. The number of carbonyl (C=O) groups excluding carboxylic acids is 1. The second kappa shape index (κ2) is 10.1. The Kier molecular flexibility index (Phi) is 8.10. The molecule has 0 bridgehead atoms. The van der Waals surface area contributed by atoms with Crippen molar-refractivity contribution >= 4 is 17.2 Å². The van der Waals surface area contributed by atoms with Crippen LogP contribution in [-0.2, 0) is 11.2 Å². The lowest BCUT2D eigenvalue weighted by Gasteiger charge is -2.33. The van der Waals surface area contributed by atoms with Crippen LogP contribution < -0.4 is 5.32 Å². The highest BCUT2D eigenvalue weighted by molar-refractivity contribution is 7.09. The van der Waals surface area contributed by atoms with E-state index in [4.69, 9.17) is 0 Å². The molecule has 130 valence electrons. The minimum Gasteiger partial charge on any atom is -0.356 e. The SMILES string of the molecule is CC(C)CN1CCC(CNC(=O)CCCCc2cccs2)CC1. The van der Waals surface area contributed by atoms with E-state index in [0.717, 1.165) is 31.7 Å². The number of amides is 1. The third-order valence-electron chi connectivity index (χ3n) is 4.58. The quantitative estimate of drug-likeness (QED) is 0.693. The van der Waals surface area contributed by atoms with Crippen molar-refractivity contribution in [1.29, 1.82) is 0 Å². The number of aryl methyl sites for hydroxylation is 1. The van der Waals surface area contributed by atoms with Crippen molar-refractivity contribution in [2.75, 3.05) is 26.2 Å². The predicted octanol–water partition coefficient (Wildman–Crippen LogP) is 3.95. The topological polar surface area (TPSA) is 32.3 Å². The molecule has 1 aliphatic heterocycles. The molecule has 0 saturated carbocycles. The minimum atomic E-state index is 0.237. The number of nitrogens with one attached hydrogen (secondary N) is 1. The molecule has 4 heteroatoms. The molecule has 3 nitrogen and oxygen atoms in total. The number of hydrogen-bond donors (Lipinski definition) is 1. The highest BCUT2D eigenvalue weighted by Gasteiger charge is 2.19. The lowest BCUT2D eigenvalue weighted by molar-refractivity contribution is -0.121. The Morgan fingerprint density at radius 2 is 2.13 bits per heavy atom. The third kappa shape index (κ3) is 7.49. The number of thiophene rings is 1. The van der Waals surface area contributed by atoms with Crippen LogP contribution in [0.3, 0.4) is 0 Å². The third-order valence-corrected chi connectivity index (χ3v) is 5.51. The van der Waals surface area contributed by atoms with Gasteiger partial charge in [-0.2, -0.15) is 0 Å². The Morgan fingerprint density at radius 3 is 2.78 bits per heavy atom. The Morgan fingerprint density at radius 1 is 1.35 bits per heavy atom. The number of piperidine rings is 1. The van der Waals surface area contributed by atoms with Gasteiger partial charge in [0.15, 0.2) is 0 Å². The molecule has 0 aliphatic carbocycles. The van der Waals surface area contributed by atoms with Gasteiger partial charge in [0.1, 0.15) is 0 Å². The van der Waals surface area contributed by atoms with Crippen LogP contribution in [0.1, 0.15) is 50.8 Å². The van der Waals surface area contributed by atoms with E-state index in [1.54, 1.807) is 0 Å². The van der Waals surface area contributed by atoms with E-state index < -0.39 is 0 Å². The Labute approximate surface area is 145 Å². The van der Waals surface area contributed by atoms with Crippen molar-refractivity contribution in [1.82, 2.24) is 10.2 Å². The maximum absolute atomic E-state index is 11.9. The second-order valence-corrected chi connectivity index (χ2v) is 8.26. The fourth-order valence-corrected chi connectivity index (χ4v) is 4.03. The first-order chi connectivity index (χ1) is 11.1. The summed E-state index contributed by atoms with van der Waals surface area (Å²) in [5, 5.41) is 5.27. The summed E-state index contributed by atoms with van der Waals surface area (Å²) in [4.78, 5) is 15.9. The van der Waals surface area contributed by atoms with Crippen molar-refractivity contribution in [2.24, 2.45) is 11.8 Å². The van der Waals surface area contributed by atoms with Gasteiger partial charge in [-0.05, 0) is 68.5 Å². The van der Waals surface area contributed by atoms with Crippen LogP contribution in [0.25, 0.3) is 0 Å². The first-order valence-corrected chi connectivity index (χ1v) is 10.0. The van der Waals surface area contributed by atoms with Gasteiger partial charge in [0.05, 0.1) is 0 Å². The zero-order valence-electron chi connectivity index (χ0n) is 14.7. The van der Waals surface area contributed by atoms with Gasteiger partial charge in [-0.3, -0.25) is 4.79 Å². The van der Waals surface area contributed by atoms with Gasteiger partial charge in [0.2, 0.25) is 5.91 Å². The van der Waals surface area contributed by atoms with Gasteiger partial charge in [-0.15, -0.1) is 11.3 Å². The van der Waals surface area contributed by atoms with Crippen molar-refractivity contribution < 1.29 is 4.79 Å². The minimum absolute atomic E-state index is 0.237. The molecule has 2 rings (SSSR count). The summed E-state index contributed by atoms with van der Waals surface area (Å²) in [6.45, 7) is 9.04. The van der Waals surface area contributed by atoms with Crippen molar-refractivity contribution in [3.05, 3.63) is 22.4 Å². The summed E-state index contributed by atoms with van der Waals surface area (Å²) in [5.74, 6) is 1.66. The van der Waals surface area contributed by atoms with Crippen molar-refractivity contribution in [3.63, 3.8) is 0 Å². The standard InChI is InChI=1S/C19H32N2OS/c1-16(2)15-21-11-9-17(10-12-21)14-20-19(22)8-4-3-6-18-7-5-13-23-18/h5,7,13,16-17H,3-4,6,8-12,14-15H2,1-2H3,(H,20,22). The van der Waals surface area contributed by atoms with E-state index in [0.29, 0.717) is 12.3 Å². The predicted molar refractivity (Wildman–Crippen MR) is 98.9 cm³/mol. The highest BCUT2D eigenvalue weighted by Crippen LogP contribution is 2.17. The first kappa shape index (κ1) is 18.5. The van der Waals surface area contributed by atoms with Gasteiger partial charge in [0.25, 0.3) is 0 Å². The number of carbonyl (C=O) groups is 1. The Bertz CT molecular complexity index is 436. The van der Waals surface area contributed by atoms with Crippen molar-refractivity contribution in [3.8, 4) is 0 Å². The number of likely N-dealkylation sites (tertiary alicyclic amines) is 1. The number of unbranched alkanes of at least 4 members (excludes halogenated alkanes) is 1. The van der Waals surface area contributed by atoms with Gasteiger partial charge < -0.3 is 10.2 Å². The van der Waals surface area contributed by atoms with Crippen LogP contribution in [0.4, 0.5) is 0 Å². The molecule has 1 saturated heterocycles. The first-order valence-electron chi connectivity index (χ1n) is 9.15. The maximum Gasteiger partial charge on any atom is 0.220 e. The molecule has 0 atom stereocenters. The molecule has 0 spiro atoms. The number of rotatable bonds is 9. The summed E-state index contributed by atoms with van der Waals surface area (Å²) in [6, 6.07) is 4.27. The van der Waals surface area contributed by atoms with E-state index in [-0.39, 0.29) is 5.91 Å². The molecule has 1 aliphatic rings. The molecule has 0 unspecified atom stereocenters. The van der Waals surface area contributed by atoms with Crippen LogP contribution in [0.15, 0.2) is 17.5 Å². The number of hydrogen-bond acceptors (Lipinski definition) is 3. The van der Waals surface area contributed by atoms with E-state index in [9.17, 15) is 4.79 Å². The Hall–Kier alpha value is -0.870.